The highest BCUT2D eigenvalue weighted by atomic mass is 35.5. The normalized spacial score (nSPS) is 17.1. The van der Waals surface area contributed by atoms with E-state index in [0.29, 0.717) is 95.1 Å². The Morgan fingerprint density at radius 1 is 0.889 bits per heavy atom. The number of aliphatic imine (C=N–C) groups is 1. The Bertz CT molecular complexity index is 3350. The van der Waals surface area contributed by atoms with E-state index in [9.17, 15) is 24.0 Å². The lowest BCUT2D eigenvalue weighted by Gasteiger charge is -2.38. The number of carboxylic acid groups (broad SMARTS) is 1. The van der Waals surface area contributed by atoms with Crippen molar-refractivity contribution in [3.8, 4) is 16.1 Å². The predicted octanol–water partition coefficient (Wildman–Crippen LogP) is 6.19. The molecule has 7 aromatic rings. The van der Waals surface area contributed by atoms with Crippen molar-refractivity contribution in [1.82, 2.24) is 54.8 Å². The van der Waals surface area contributed by atoms with Gasteiger partial charge in [-0.15, -0.1) is 21.5 Å². The Balaban J connectivity index is 0.866. The van der Waals surface area contributed by atoms with Gasteiger partial charge in [0.25, 0.3) is 0 Å². The molecule has 18 nitrogen and oxygen atoms in total. The molecule has 3 aliphatic rings. The van der Waals surface area contributed by atoms with Crippen LogP contribution in [0.15, 0.2) is 65.8 Å². The van der Waals surface area contributed by atoms with Crippen LogP contribution in [0.4, 0.5) is 4.39 Å². The summed E-state index contributed by atoms with van der Waals surface area (Å²) in [5, 5.41) is 34.9. The number of nitrogens with zero attached hydrogens (tertiary/aromatic N) is 10. The van der Waals surface area contributed by atoms with Crippen LogP contribution < -0.4 is 10.6 Å². The summed E-state index contributed by atoms with van der Waals surface area (Å²) >= 11 is 7.96. The Hall–Kier alpha value is -7.32. The van der Waals surface area contributed by atoms with Gasteiger partial charge in [0.2, 0.25) is 23.6 Å². The molecular formula is C51H52ClFN12O6S. The van der Waals surface area contributed by atoms with Crippen molar-refractivity contribution in [3.05, 3.63) is 111 Å². The molecular weight excluding hydrogens is 963 g/mol. The zero-order valence-corrected chi connectivity index (χ0v) is 41.7. The zero-order valence-electron chi connectivity index (χ0n) is 40.1. The molecule has 0 radical (unpaired) electrons. The molecule has 3 aliphatic heterocycles. The van der Waals surface area contributed by atoms with Gasteiger partial charge in [-0.25, -0.2) is 4.39 Å². The predicted molar refractivity (Wildman–Crippen MR) is 269 cm³/mol. The van der Waals surface area contributed by atoms with Crippen molar-refractivity contribution in [2.45, 2.75) is 71.4 Å². The molecule has 2 saturated heterocycles. The summed E-state index contributed by atoms with van der Waals surface area (Å²) in [6.45, 7) is 6.44. The number of likely N-dealkylation sites (tertiary alicyclic amines) is 2. The Morgan fingerprint density at radius 2 is 1.65 bits per heavy atom. The van der Waals surface area contributed by atoms with Crippen LogP contribution in [0.3, 0.4) is 0 Å². The fourth-order valence-corrected chi connectivity index (χ4v) is 11.7. The van der Waals surface area contributed by atoms with Crippen molar-refractivity contribution in [1.29, 1.82) is 0 Å². The molecule has 7 heterocycles. The summed E-state index contributed by atoms with van der Waals surface area (Å²) in [7, 11) is 1.79. The largest absolute Gasteiger partial charge is 0.480 e. The molecule has 2 atom stereocenters. The Labute approximate surface area is 421 Å². The third-order valence-corrected chi connectivity index (χ3v) is 15.6. The molecule has 21 heteroatoms. The van der Waals surface area contributed by atoms with Crippen LogP contribution >= 0.6 is 22.9 Å². The van der Waals surface area contributed by atoms with E-state index < -0.39 is 48.7 Å². The summed E-state index contributed by atoms with van der Waals surface area (Å²) in [5.41, 5.74) is 6.61. The van der Waals surface area contributed by atoms with E-state index in [1.165, 1.54) is 10.7 Å². The van der Waals surface area contributed by atoms with E-state index >= 15 is 4.39 Å². The van der Waals surface area contributed by atoms with Crippen LogP contribution in [0.25, 0.3) is 37.9 Å². The highest BCUT2D eigenvalue weighted by Crippen LogP contribution is 2.42. The zero-order chi connectivity index (χ0) is 50.5. The van der Waals surface area contributed by atoms with Crippen molar-refractivity contribution < 1.29 is 33.5 Å². The van der Waals surface area contributed by atoms with Crippen LogP contribution in [0.2, 0.25) is 5.02 Å². The van der Waals surface area contributed by atoms with Crippen LogP contribution in [-0.2, 0) is 37.6 Å². The summed E-state index contributed by atoms with van der Waals surface area (Å²) in [6, 6.07) is 15.5. The van der Waals surface area contributed by atoms with Gasteiger partial charge >= 0.3 is 5.97 Å². The lowest BCUT2D eigenvalue weighted by molar-refractivity contribution is -0.142. The topological polar surface area (TPSA) is 215 Å². The van der Waals surface area contributed by atoms with Gasteiger partial charge in [-0.3, -0.25) is 42.9 Å². The molecule has 0 bridgehead atoms. The number of aromatic nitrogens is 7. The third kappa shape index (κ3) is 9.24. The molecule has 1 unspecified atom stereocenters. The molecule has 0 saturated carbocycles. The number of piperidine rings is 2. The molecule has 3 N–H and O–H groups in total. The second-order valence-electron chi connectivity index (χ2n) is 18.7. The molecule has 4 amide bonds. The van der Waals surface area contributed by atoms with Gasteiger partial charge in [0.05, 0.1) is 47.5 Å². The smallest absolute Gasteiger partial charge is 0.322 e. The summed E-state index contributed by atoms with van der Waals surface area (Å²) < 4.78 is 21.3. The number of aryl methyl sites for hydroxylation is 3. The van der Waals surface area contributed by atoms with Gasteiger partial charge in [0, 0.05) is 76.5 Å². The van der Waals surface area contributed by atoms with E-state index in [4.69, 9.17) is 26.8 Å². The van der Waals surface area contributed by atoms with E-state index in [0.717, 1.165) is 37.8 Å². The molecule has 10 rings (SSSR count). The van der Waals surface area contributed by atoms with Crippen molar-refractivity contribution >= 4 is 80.1 Å². The monoisotopic (exact) mass is 1010 g/mol. The summed E-state index contributed by atoms with van der Waals surface area (Å²) in [5.74, 6) is -2.26. The van der Waals surface area contributed by atoms with Crippen molar-refractivity contribution in [2.24, 2.45) is 18.0 Å². The number of hydrogen-bond acceptors (Lipinski definition) is 11. The van der Waals surface area contributed by atoms with Crippen LogP contribution in [0.5, 0.6) is 0 Å². The first-order valence-electron chi connectivity index (χ1n) is 23.9. The molecule has 3 aromatic carbocycles. The van der Waals surface area contributed by atoms with Gasteiger partial charge in [0.1, 0.15) is 35.8 Å². The first kappa shape index (κ1) is 48.3. The SMILES string of the molecule is Cc1sc2c(c1C)C(c1ccc(Cl)cc1)=N[C@@H](CC(=O)N1CCCC(C(=O)N3CCC(c4nn(CC(=O)NCC(=O)NCC(=O)O)c5cccc(-c6cc7c(cnn7C)cc6F)c45)CC3)C1)c1nnc(C)n1-2. The van der Waals surface area contributed by atoms with E-state index in [1.54, 1.807) is 46.3 Å². The maximum Gasteiger partial charge on any atom is 0.322 e. The van der Waals surface area contributed by atoms with Crippen LogP contribution in [-0.4, -0.2) is 124 Å². The van der Waals surface area contributed by atoms with Crippen molar-refractivity contribution in [2.75, 3.05) is 39.3 Å². The highest BCUT2D eigenvalue weighted by molar-refractivity contribution is 7.15. The van der Waals surface area contributed by atoms with Gasteiger partial charge < -0.3 is 25.5 Å². The number of halogens is 2. The minimum Gasteiger partial charge on any atom is -0.480 e. The number of aliphatic carboxylic acids is 1. The first-order chi connectivity index (χ1) is 34.6. The second-order valence-corrected chi connectivity index (χ2v) is 20.4. The average Bonchev–Trinajstić information content (AvgIpc) is 4.11. The molecule has 0 aliphatic carbocycles. The number of hydrogen-bond donors (Lipinski definition) is 3. The number of amides is 4. The van der Waals surface area contributed by atoms with Gasteiger partial charge in [-0.05, 0) is 87.9 Å². The lowest BCUT2D eigenvalue weighted by atomic mass is 9.88. The molecule has 72 heavy (non-hydrogen) atoms. The maximum absolute atomic E-state index is 16.1. The number of benzene rings is 3. The van der Waals surface area contributed by atoms with E-state index in [2.05, 4.69) is 39.8 Å². The number of carbonyl (C=O) groups excluding carboxylic acids is 4. The third-order valence-electron chi connectivity index (χ3n) is 14.1. The van der Waals surface area contributed by atoms with Gasteiger partial charge in [-0.1, -0.05) is 35.9 Å². The summed E-state index contributed by atoms with van der Waals surface area (Å²) in [6.07, 6.45) is 4.04. The van der Waals surface area contributed by atoms with Crippen LogP contribution in [0.1, 0.15) is 83.0 Å². The molecule has 2 fully saturated rings. The fourth-order valence-electron chi connectivity index (χ4n) is 10.3. The molecule has 0 spiro atoms. The number of carboxylic acids is 1. The van der Waals surface area contributed by atoms with E-state index in [1.807, 2.05) is 52.8 Å². The molecule has 372 valence electrons. The number of carbonyl (C=O) groups is 5. The minimum absolute atomic E-state index is 0.0131. The number of rotatable bonds is 12. The fraction of sp³-hybridized carbons (Fsp3) is 0.373. The quantitative estimate of drug-likeness (QED) is 0.126. The maximum atomic E-state index is 16.1. The highest BCUT2D eigenvalue weighted by Gasteiger charge is 2.38. The summed E-state index contributed by atoms with van der Waals surface area (Å²) in [4.78, 5) is 75.3. The Kier molecular flexibility index (Phi) is 13.2. The lowest BCUT2D eigenvalue weighted by Crippen LogP contribution is -2.48. The van der Waals surface area contributed by atoms with Crippen molar-refractivity contribution in [3.63, 3.8) is 0 Å². The standard InChI is InChI=1S/C51H52ClFN12O6S/c1-27-28(2)72-51-45(27)47(30-10-12-34(52)13-11-30)57-38(49-59-58-29(3)65(49)51)21-43(68)63-16-6-7-32(25-63)50(71)62-17-14-31(15-18-62)48-46-35(36-20-40-33(19-37(36)53)22-56-61(40)4)8-5-9-39(46)64(60-48)26-42(67)54-23-41(66)55-24-44(69)70/h5,8-13,19-20,22,31-32,38H,6-7,14-18,21,23-26H2,1-4H3,(H,54,67)(H,55,66)(H,69,70)/t32?,38-/m0/s1. The second kappa shape index (κ2) is 19.7. The molecule has 4 aromatic heterocycles. The number of fused-ring (bicyclic) bond motifs is 5. The van der Waals surface area contributed by atoms with E-state index in [-0.39, 0.29) is 37.2 Å². The first-order valence-corrected chi connectivity index (χ1v) is 25.1. The Morgan fingerprint density at radius 3 is 2.42 bits per heavy atom. The number of nitrogens with one attached hydrogen (secondary N) is 2. The van der Waals surface area contributed by atoms with Gasteiger partial charge in [0.15, 0.2) is 5.82 Å². The van der Waals surface area contributed by atoms with Gasteiger partial charge in [-0.2, -0.15) is 10.2 Å². The van der Waals surface area contributed by atoms with Crippen LogP contribution in [0, 0.1) is 32.5 Å². The average molecular weight is 1020 g/mol. The minimum atomic E-state index is -1.21. The number of thiophene rings is 1.